The summed E-state index contributed by atoms with van der Waals surface area (Å²) in [6.07, 6.45) is 0. The molecule has 0 unspecified atom stereocenters. The van der Waals surface area contributed by atoms with Gasteiger partial charge in [-0.05, 0) is 32.0 Å². The number of anilines is 2. The summed E-state index contributed by atoms with van der Waals surface area (Å²) in [5.41, 5.74) is 12.2. The van der Waals surface area contributed by atoms with E-state index in [0.717, 1.165) is 5.69 Å². The van der Waals surface area contributed by atoms with E-state index in [1.807, 2.05) is 19.0 Å². The van der Waals surface area contributed by atoms with Gasteiger partial charge in [0, 0.05) is 26.2 Å². The van der Waals surface area contributed by atoms with Gasteiger partial charge in [0.25, 0.3) is 5.91 Å². The number of nitrogens with one attached hydrogen (secondary N) is 1. The van der Waals surface area contributed by atoms with E-state index in [0.29, 0.717) is 11.3 Å². The maximum atomic E-state index is 12.0. The second kappa shape index (κ2) is 5.81. The fourth-order valence-electron chi connectivity index (χ4n) is 1.59. The summed E-state index contributed by atoms with van der Waals surface area (Å²) in [7, 11) is 3.75. The van der Waals surface area contributed by atoms with Crippen LogP contribution in [0.5, 0.6) is 0 Å². The van der Waals surface area contributed by atoms with Crippen LogP contribution in [0.3, 0.4) is 0 Å². The molecule has 1 rings (SSSR count). The molecule has 0 bridgehead atoms. The van der Waals surface area contributed by atoms with Crippen LogP contribution in [-0.4, -0.2) is 32.5 Å². The molecule has 110 valence electrons. The van der Waals surface area contributed by atoms with Crippen LogP contribution >= 0.6 is 0 Å². The van der Waals surface area contributed by atoms with Crippen molar-refractivity contribution in [3.8, 4) is 0 Å². The Hall–Kier alpha value is -2.24. The highest BCUT2D eigenvalue weighted by atomic mass is 16.2. The zero-order valence-corrected chi connectivity index (χ0v) is 12.4. The molecule has 0 atom stereocenters. The van der Waals surface area contributed by atoms with Crippen LogP contribution in [0.25, 0.3) is 0 Å². The van der Waals surface area contributed by atoms with Crippen LogP contribution in [0.1, 0.15) is 24.2 Å². The van der Waals surface area contributed by atoms with E-state index in [4.69, 9.17) is 11.5 Å². The predicted molar refractivity (Wildman–Crippen MR) is 80.5 cm³/mol. The lowest BCUT2D eigenvalue weighted by Gasteiger charge is -2.21. The van der Waals surface area contributed by atoms with Crippen LogP contribution in [0.15, 0.2) is 18.2 Å². The van der Waals surface area contributed by atoms with E-state index < -0.39 is 11.3 Å². The lowest BCUT2D eigenvalue weighted by molar-refractivity contribution is -0.125. The summed E-state index contributed by atoms with van der Waals surface area (Å²) in [6, 6.07) is 5.09. The molecule has 0 aliphatic rings. The van der Waals surface area contributed by atoms with Crippen molar-refractivity contribution in [2.24, 2.45) is 11.1 Å². The molecule has 1 aromatic rings. The topological polar surface area (TPSA) is 101 Å². The van der Waals surface area contributed by atoms with Crippen molar-refractivity contribution >= 4 is 23.2 Å². The standard InChI is InChI=1S/C14H22N4O2/c1-14(2,13(16)20)8-17-12(19)9-5-6-11(18(3)4)10(15)7-9/h5-7H,8,15H2,1-4H3,(H2,16,20)(H,17,19). The summed E-state index contributed by atoms with van der Waals surface area (Å²) < 4.78 is 0. The number of nitrogen functional groups attached to an aromatic ring is 1. The zero-order valence-electron chi connectivity index (χ0n) is 12.4. The van der Waals surface area contributed by atoms with E-state index >= 15 is 0 Å². The van der Waals surface area contributed by atoms with Gasteiger partial charge in [-0.1, -0.05) is 0 Å². The molecule has 6 heteroatoms. The molecule has 2 amide bonds. The molecule has 0 aliphatic carbocycles. The second-order valence-electron chi connectivity index (χ2n) is 5.60. The lowest BCUT2D eigenvalue weighted by Crippen LogP contribution is -2.42. The van der Waals surface area contributed by atoms with Crippen molar-refractivity contribution in [3.63, 3.8) is 0 Å². The highest BCUT2D eigenvalue weighted by molar-refractivity contribution is 5.96. The number of hydrogen-bond donors (Lipinski definition) is 3. The number of primary amides is 1. The Morgan fingerprint density at radius 1 is 1.30 bits per heavy atom. The quantitative estimate of drug-likeness (QED) is 0.685. The Balaban J connectivity index is 2.79. The normalized spacial score (nSPS) is 11.0. The maximum absolute atomic E-state index is 12.0. The average molecular weight is 278 g/mol. The maximum Gasteiger partial charge on any atom is 0.251 e. The molecular weight excluding hydrogens is 256 g/mol. The highest BCUT2D eigenvalue weighted by Crippen LogP contribution is 2.22. The fourth-order valence-corrected chi connectivity index (χ4v) is 1.59. The first-order valence-electron chi connectivity index (χ1n) is 6.30. The van der Waals surface area contributed by atoms with Gasteiger partial charge in [-0.3, -0.25) is 9.59 Å². The second-order valence-corrected chi connectivity index (χ2v) is 5.60. The van der Waals surface area contributed by atoms with E-state index in [-0.39, 0.29) is 12.5 Å². The Morgan fingerprint density at radius 2 is 1.90 bits per heavy atom. The van der Waals surface area contributed by atoms with Crippen LogP contribution in [0.2, 0.25) is 0 Å². The molecular formula is C14H22N4O2. The average Bonchev–Trinajstić information content (AvgIpc) is 2.35. The van der Waals surface area contributed by atoms with Crippen LogP contribution in [0, 0.1) is 5.41 Å². The molecule has 0 saturated carbocycles. The molecule has 6 nitrogen and oxygen atoms in total. The zero-order chi connectivity index (χ0) is 15.5. The molecule has 0 fully saturated rings. The number of nitrogens with zero attached hydrogens (tertiary/aromatic N) is 1. The SMILES string of the molecule is CN(C)c1ccc(C(=O)NCC(C)(C)C(N)=O)cc1N. The van der Waals surface area contributed by atoms with Gasteiger partial charge in [-0.15, -0.1) is 0 Å². The predicted octanol–water partition coefficient (Wildman–Crippen LogP) is 0.576. The Morgan fingerprint density at radius 3 is 2.35 bits per heavy atom. The molecule has 0 aliphatic heterocycles. The first-order valence-corrected chi connectivity index (χ1v) is 6.30. The van der Waals surface area contributed by atoms with Gasteiger partial charge in [-0.2, -0.15) is 0 Å². The highest BCUT2D eigenvalue weighted by Gasteiger charge is 2.25. The summed E-state index contributed by atoms with van der Waals surface area (Å²) in [5, 5.41) is 2.69. The van der Waals surface area contributed by atoms with Crippen LogP contribution in [0.4, 0.5) is 11.4 Å². The summed E-state index contributed by atoms with van der Waals surface area (Å²) in [5.74, 6) is -0.739. The number of benzene rings is 1. The molecule has 0 spiro atoms. The van der Waals surface area contributed by atoms with Crippen LogP contribution in [-0.2, 0) is 4.79 Å². The smallest absolute Gasteiger partial charge is 0.251 e. The van der Waals surface area contributed by atoms with E-state index in [2.05, 4.69) is 5.32 Å². The summed E-state index contributed by atoms with van der Waals surface area (Å²) in [6.45, 7) is 3.54. The molecule has 0 heterocycles. The van der Waals surface area contributed by atoms with Crippen LogP contribution < -0.4 is 21.7 Å². The third-order valence-corrected chi connectivity index (χ3v) is 3.13. The first-order chi connectivity index (χ1) is 9.15. The number of hydrogen-bond acceptors (Lipinski definition) is 4. The van der Waals surface area contributed by atoms with Gasteiger partial charge in [0.1, 0.15) is 0 Å². The van der Waals surface area contributed by atoms with Gasteiger partial charge >= 0.3 is 0 Å². The van der Waals surface area contributed by atoms with Crippen molar-refractivity contribution in [1.82, 2.24) is 5.32 Å². The number of amides is 2. The molecule has 0 saturated heterocycles. The summed E-state index contributed by atoms with van der Waals surface area (Å²) in [4.78, 5) is 25.1. The Bertz CT molecular complexity index is 524. The van der Waals surface area contributed by atoms with E-state index in [1.54, 1.807) is 32.0 Å². The molecule has 1 aromatic carbocycles. The van der Waals surface area contributed by atoms with Crippen molar-refractivity contribution in [2.75, 3.05) is 31.3 Å². The van der Waals surface area contributed by atoms with Gasteiger partial charge in [0.2, 0.25) is 5.91 Å². The molecule has 0 radical (unpaired) electrons. The third kappa shape index (κ3) is 3.63. The Kier molecular flexibility index (Phi) is 4.60. The van der Waals surface area contributed by atoms with E-state index in [9.17, 15) is 9.59 Å². The minimum atomic E-state index is -0.787. The van der Waals surface area contributed by atoms with Crippen molar-refractivity contribution in [2.45, 2.75) is 13.8 Å². The van der Waals surface area contributed by atoms with Gasteiger partial charge in [0.15, 0.2) is 0 Å². The molecule has 20 heavy (non-hydrogen) atoms. The van der Waals surface area contributed by atoms with Gasteiger partial charge in [0.05, 0.1) is 16.8 Å². The number of rotatable bonds is 5. The van der Waals surface area contributed by atoms with Crippen molar-refractivity contribution < 1.29 is 9.59 Å². The van der Waals surface area contributed by atoms with Crippen molar-refractivity contribution in [3.05, 3.63) is 23.8 Å². The van der Waals surface area contributed by atoms with E-state index in [1.165, 1.54) is 0 Å². The lowest BCUT2D eigenvalue weighted by atomic mass is 9.92. The van der Waals surface area contributed by atoms with Gasteiger partial charge < -0.3 is 21.7 Å². The van der Waals surface area contributed by atoms with Crippen molar-refractivity contribution in [1.29, 1.82) is 0 Å². The number of carbonyl (C=O) groups excluding carboxylic acids is 2. The molecule has 5 N–H and O–H groups in total. The minimum Gasteiger partial charge on any atom is -0.397 e. The first kappa shape index (κ1) is 15.8. The largest absolute Gasteiger partial charge is 0.397 e. The third-order valence-electron chi connectivity index (χ3n) is 3.13. The Labute approximate surface area is 119 Å². The van der Waals surface area contributed by atoms with Gasteiger partial charge in [-0.25, -0.2) is 0 Å². The summed E-state index contributed by atoms with van der Waals surface area (Å²) >= 11 is 0. The molecule has 0 aromatic heterocycles. The number of carbonyl (C=O) groups is 2. The number of nitrogens with two attached hydrogens (primary N) is 2. The fraction of sp³-hybridized carbons (Fsp3) is 0.429. The monoisotopic (exact) mass is 278 g/mol. The minimum absolute atomic E-state index is 0.177.